The molecule has 3 aromatic rings. The predicted molar refractivity (Wildman–Crippen MR) is 118 cm³/mol. The van der Waals surface area contributed by atoms with Gasteiger partial charge in [-0.2, -0.15) is 0 Å². The summed E-state index contributed by atoms with van der Waals surface area (Å²) in [6.07, 6.45) is 6.62. The van der Waals surface area contributed by atoms with Gasteiger partial charge in [-0.25, -0.2) is 13.1 Å². The molecule has 1 aliphatic heterocycles. The highest BCUT2D eigenvalue weighted by Gasteiger charge is 2.25. The Bertz CT molecular complexity index is 1090. The van der Waals surface area contributed by atoms with Crippen molar-refractivity contribution >= 4 is 15.9 Å². The average molecular weight is 458 g/mol. The molecule has 0 unspecified atom stereocenters. The zero-order valence-corrected chi connectivity index (χ0v) is 18.5. The normalized spacial score (nSPS) is 16.0. The lowest BCUT2D eigenvalue weighted by molar-refractivity contribution is 0.0914. The summed E-state index contributed by atoms with van der Waals surface area (Å²) < 4.78 is 38.2. The zero-order valence-electron chi connectivity index (χ0n) is 17.7. The molecule has 1 fully saturated rings. The van der Waals surface area contributed by atoms with Crippen LogP contribution < -0.4 is 10.0 Å². The van der Waals surface area contributed by atoms with E-state index in [-0.39, 0.29) is 23.4 Å². The van der Waals surface area contributed by atoms with Crippen molar-refractivity contribution < 1.29 is 22.0 Å². The van der Waals surface area contributed by atoms with Gasteiger partial charge in [0.15, 0.2) is 0 Å². The molecule has 0 aliphatic carbocycles. The smallest absolute Gasteiger partial charge is 0.251 e. The molecule has 9 heteroatoms. The number of carbonyl (C=O) groups excluding carboxylic acids is 1. The Kier molecular flexibility index (Phi) is 7.09. The third-order valence-electron chi connectivity index (χ3n) is 5.60. The van der Waals surface area contributed by atoms with Gasteiger partial charge in [0, 0.05) is 12.1 Å². The Hall–Kier alpha value is -2.88. The van der Waals surface area contributed by atoms with E-state index >= 15 is 0 Å². The summed E-state index contributed by atoms with van der Waals surface area (Å²) in [5, 5.41) is 2.97. The number of likely N-dealkylation sites (tertiary alicyclic amines) is 1. The van der Waals surface area contributed by atoms with Gasteiger partial charge in [0.05, 0.1) is 30.0 Å². The maximum absolute atomic E-state index is 12.7. The molecular weight excluding hydrogens is 430 g/mol. The SMILES string of the molecule is O=C(NC[C@H](c1ccco1)N1CCCCC1)c1ccc(S(=O)(=O)NCc2ccco2)cc1. The first-order valence-electron chi connectivity index (χ1n) is 10.7. The minimum atomic E-state index is -3.71. The van der Waals surface area contributed by atoms with Crippen LogP contribution in [0.2, 0.25) is 0 Å². The Morgan fingerprint density at radius 2 is 1.69 bits per heavy atom. The highest BCUT2D eigenvalue weighted by Crippen LogP contribution is 2.24. The summed E-state index contributed by atoms with van der Waals surface area (Å²) in [6, 6.07) is 13.0. The average Bonchev–Trinajstić information content (AvgIpc) is 3.53. The van der Waals surface area contributed by atoms with Gasteiger partial charge < -0.3 is 14.2 Å². The van der Waals surface area contributed by atoms with Crippen molar-refractivity contribution in [1.29, 1.82) is 0 Å². The van der Waals surface area contributed by atoms with Crippen LogP contribution in [0, 0.1) is 0 Å². The number of piperidine rings is 1. The Balaban J connectivity index is 1.37. The van der Waals surface area contributed by atoms with Gasteiger partial charge in [-0.1, -0.05) is 6.42 Å². The summed E-state index contributed by atoms with van der Waals surface area (Å²) >= 11 is 0. The third-order valence-corrected chi connectivity index (χ3v) is 7.02. The zero-order chi connectivity index (χ0) is 22.4. The fourth-order valence-electron chi connectivity index (χ4n) is 3.86. The first-order chi connectivity index (χ1) is 15.5. The van der Waals surface area contributed by atoms with E-state index in [0.29, 0.717) is 17.9 Å². The predicted octanol–water partition coefficient (Wildman–Crippen LogP) is 3.31. The van der Waals surface area contributed by atoms with Crippen LogP contribution in [-0.4, -0.2) is 38.9 Å². The summed E-state index contributed by atoms with van der Waals surface area (Å²) in [5.74, 6) is 1.09. The minimum absolute atomic E-state index is 0.0281. The molecule has 8 nitrogen and oxygen atoms in total. The van der Waals surface area contributed by atoms with E-state index in [0.717, 1.165) is 31.7 Å². The molecule has 4 rings (SSSR count). The number of sulfonamides is 1. The molecule has 2 N–H and O–H groups in total. The van der Waals surface area contributed by atoms with Crippen LogP contribution in [0.4, 0.5) is 0 Å². The molecule has 1 atom stereocenters. The number of hydrogen-bond acceptors (Lipinski definition) is 6. The van der Waals surface area contributed by atoms with E-state index in [1.165, 1.54) is 36.9 Å². The Labute approximate surface area is 187 Å². The topological polar surface area (TPSA) is 105 Å². The van der Waals surface area contributed by atoms with Crippen LogP contribution in [0.25, 0.3) is 0 Å². The molecule has 1 aromatic carbocycles. The summed E-state index contributed by atoms with van der Waals surface area (Å²) in [6.45, 7) is 2.41. The molecule has 32 heavy (non-hydrogen) atoms. The second-order valence-corrected chi connectivity index (χ2v) is 9.53. The number of nitrogens with zero attached hydrogens (tertiary/aromatic N) is 1. The van der Waals surface area contributed by atoms with Gasteiger partial charge in [0.1, 0.15) is 11.5 Å². The van der Waals surface area contributed by atoms with E-state index in [4.69, 9.17) is 8.83 Å². The molecule has 170 valence electrons. The van der Waals surface area contributed by atoms with E-state index in [1.54, 1.807) is 18.4 Å². The highest BCUT2D eigenvalue weighted by molar-refractivity contribution is 7.89. The molecule has 1 amide bonds. The molecule has 0 bridgehead atoms. The second kappa shape index (κ2) is 10.2. The van der Waals surface area contributed by atoms with Crippen LogP contribution >= 0.6 is 0 Å². The van der Waals surface area contributed by atoms with Gasteiger partial charge in [-0.15, -0.1) is 0 Å². The fourth-order valence-corrected chi connectivity index (χ4v) is 4.85. The largest absolute Gasteiger partial charge is 0.468 e. The van der Waals surface area contributed by atoms with Gasteiger partial charge in [0.25, 0.3) is 5.91 Å². The van der Waals surface area contributed by atoms with Crippen molar-refractivity contribution in [3.05, 3.63) is 78.1 Å². The summed E-state index contributed by atoms with van der Waals surface area (Å²) in [5.41, 5.74) is 0.395. The molecular formula is C23H27N3O5S. The van der Waals surface area contributed by atoms with Gasteiger partial charge >= 0.3 is 0 Å². The fraction of sp³-hybridized carbons (Fsp3) is 0.348. The van der Waals surface area contributed by atoms with E-state index in [1.807, 2.05) is 12.1 Å². The number of nitrogens with one attached hydrogen (secondary N) is 2. The van der Waals surface area contributed by atoms with Crippen LogP contribution in [0.5, 0.6) is 0 Å². The number of benzene rings is 1. The lowest BCUT2D eigenvalue weighted by atomic mass is 10.1. The van der Waals surface area contributed by atoms with E-state index in [2.05, 4.69) is 14.9 Å². The van der Waals surface area contributed by atoms with Crippen molar-refractivity contribution in [2.75, 3.05) is 19.6 Å². The van der Waals surface area contributed by atoms with Gasteiger partial charge in [0.2, 0.25) is 10.0 Å². The van der Waals surface area contributed by atoms with Crippen molar-refractivity contribution in [1.82, 2.24) is 14.9 Å². The van der Waals surface area contributed by atoms with Crippen molar-refractivity contribution in [2.24, 2.45) is 0 Å². The Morgan fingerprint density at radius 1 is 0.969 bits per heavy atom. The molecule has 2 aromatic heterocycles. The molecule has 0 spiro atoms. The third kappa shape index (κ3) is 5.48. The lowest BCUT2D eigenvalue weighted by Crippen LogP contribution is -2.40. The lowest BCUT2D eigenvalue weighted by Gasteiger charge is -2.33. The molecule has 0 saturated carbocycles. The van der Waals surface area contributed by atoms with Crippen molar-refractivity contribution in [2.45, 2.75) is 36.7 Å². The first-order valence-corrected chi connectivity index (χ1v) is 12.2. The van der Waals surface area contributed by atoms with E-state index < -0.39 is 10.0 Å². The monoisotopic (exact) mass is 457 g/mol. The van der Waals surface area contributed by atoms with Crippen LogP contribution in [0.3, 0.4) is 0 Å². The highest BCUT2D eigenvalue weighted by atomic mass is 32.2. The Morgan fingerprint density at radius 3 is 2.34 bits per heavy atom. The molecule has 0 radical (unpaired) electrons. The number of hydrogen-bond donors (Lipinski definition) is 2. The quantitative estimate of drug-likeness (QED) is 0.511. The summed E-state index contributed by atoms with van der Waals surface area (Å²) in [7, 11) is -3.71. The molecule has 1 saturated heterocycles. The van der Waals surface area contributed by atoms with Crippen LogP contribution in [0.15, 0.2) is 74.8 Å². The maximum Gasteiger partial charge on any atom is 0.251 e. The van der Waals surface area contributed by atoms with Crippen molar-refractivity contribution in [3.63, 3.8) is 0 Å². The number of amides is 1. The van der Waals surface area contributed by atoms with Gasteiger partial charge in [-0.3, -0.25) is 9.69 Å². The minimum Gasteiger partial charge on any atom is -0.468 e. The maximum atomic E-state index is 12.7. The van der Waals surface area contributed by atoms with Crippen molar-refractivity contribution in [3.8, 4) is 0 Å². The number of carbonyl (C=O) groups is 1. The summed E-state index contributed by atoms with van der Waals surface area (Å²) in [4.78, 5) is 15.1. The standard InChI is InChI=1S/C23H27N3O5S/c27-23(24-17-21(22-7-5-15-31-22)26-12-2-1-3-13-26)18-8-10-20(11-9-18)32(28,29)25-16-19-6-4-14-30-19/h4-11,14-15,21,25H,1-3,12-13,16-17H2,(H,24,27)/t21-/m1/s1. The van der Waals surface area contributed by atoms with E-state index in [9.17, 15) is 13.2 Å². The number of rotatable bonds is 9. The molecule has 3 heterocycles. The second-order valence-electron chi connectivity index (χ2n) is 7.77. The molecule has 1 aliphatic rings. The number of furan rings is 2. The van der Waals surface area contributed by atoms with Gasteiger partial charge in [-0.05, 0) is 74.5 Å². The first kappa shape index (κ1) is 22.3. The van der Waals surface area contributed by atoms with Crippen LogP contribution in [-0.2, 0) is 16.6 Å². The van der Waals surface area contributed by atoms with Crippen LogP contribution in [0.1, 0.15) is 47.2 Å².